The molecule has 0 fully saturated rings. The van der Waals surface area contributed by atoms with E-state index in [4.69, 9.17) is 10.00 Å². The van der Waals surface area contributed by atoms with Gasteiger partial charge in [0.25, 0.3) is 0 Å². The van der Waals surface area contributed by atoms with Gasteiger partial charge in [0.1, 0.15) is 5.82 Å². The molecule has 3 nitrogen and oxygen atoms in total. The zero-order valence-electron chi connectivity index (χ0n) is 9.85. The Morgan fingerprint density at radius 1 is 1.33 bits per heavy atom. The Kier molecular flexibility index (Phi) is 3.54. The van der Waals surface area contributed by atoms with E-state index in [9.17, 15) is 4.39 Å². The van der Waals surface area contributed by atoms with Crippen molar-refractivity contribution in [2.45, 2.75) is 6.42 Å². The molecule has 0 saturated heterocycles. The molecule has 4 heteroatoms. The average molecular weight is 242 g/mol. The maximum Gasteiger partial charge on any atom is 0.213 e. The van der Waals surface area contributed by atoms with E-state index in [1.165, 1.54) is 19.4 Å². The topological polar surface area (TPSA) is 45.9 Å². The Morgan fingerprint density at radius 2 is 2.11 bits per heavy atom. The van der Waals surface area contributed by atoms with Gasteiger partial charge in [0.2, 0.25) is 5.88 Å². The molecule has 0 bridgehead atoms. The van der Waals surface area contributed by atoms with Crippen LogP contribution < -0.4 is 4.74 Å². The van der Waals surface area contributed by atoms with E-state index in [1.54, 1.807) is 24.3 Å². The third-order valence-corrected chi connectivity index (χ3v) is 2.61. The van der Waals surface area contributed by atoms with Crippen molar-refractivity contribution in [1.29, 1.82) is 5.26 Å². The zero-order chi connectivity index (χ0) is 13.0. The lowest BCUT2D eigenvalue weighted by Crippen LogP contribution is -1.95. The third-order valence-electron chi connectivity index (χ3n) is 2.61. The molecule has 1 aromatic heterocycles. The lowest BCUT2D eigenvalue weighted by atomic mass is 10.00. The van der Waals surface area contributed by atoms with Crippen molar-refractivity contribution in [2.24, 2.45) is 0 Å². The van der Waals surface area contributed by atoms with Crippen molar-refractivity contribution < 1.29 is 9.13 Å². The van der Waals surface area contributed by atoms with Gasteiger partial charge in [-0.15, -0.1) is 0 Å². The van der Waals surface area contributed by atoms with Crippen molar-refractivity contribution >= 4 is 0 Å². The van der Waals surface area contributed by atoms with Crippen LogP contribution in [0.1, 0.15) is 5.56 Å². The summed E-state index contributed by atoms with van der Waals surface area (Å²) in [6.07, 6.45) is 1.71. The van der Waals surface area contributed by atoms with E-state index in [2.05, 4.69) is 11.1 Å². The maximum atomic E-state index is 13.7. The van der Waals surface area contributed by atoms with Gasteiger partial charge in [-0.3, -0.25) is 0 Å². The molecule has 0 saturated carbocycles. The van der Waals surface area contributed by atoms with Crippen LogP contribution >= 0.6 is 0 Å². The summed E-state index contributed by atoms with van der Waals surface area (Å²) >= 11 is 0. The molecule has 0 radical (unpaired) electrons. The van der Waals surface area contributed by atoms with E-state index in [1.807, 2.05) is 0 Å². The summed E-state index contributed by atoms with van der Waals surface area (Å²) in [6.45, 7) is 0. The maximum absolute atomic E-state index is 13.7. The largest absolute Gasteiger partial charge is 0.481 e. The Hall–Kier alpha value is -2.41. The van der Waals surface area contributed by atoms with E-state index < -0.39 is 0 Å². The molecular weight excluding hydrogens is 231 g/mol. The molecule has 1 heterocycles. The standard InChI is InChI=1S/C14H11FN2O/c1-18-14-8-10(6-7-16)12(9-17-14)11-4-2-3-5-13(11)15/h2-5,8-9H,6H2,1H3. The number of rotatable bonds is 3. The third kappa shape index (κ3) is 2.30. The molecule has 90 valence electrons. The van der Waals surface area contributed by atoms with Gasteiger partial charge in [0.05, 0.1) is 19.6 Å². The van der Waals surface area contributed by atoms with Crippen molar-refractivity contribution in [3.8, 4) is 23.1 Å². The molecule has 0 aliphatic rings. The van der Waals surface area contributed by atoms with Crippen LogP contribution in [0.3, 0.4) is 0 Å². The smallest absolute Gasteiger partial charge is 0.213 e. The zero-order valence-corrected chi connectivity index (χ0v) is 9.85. The Bertz CT molecular complexity index is 605. The molecule has 0 amide bonds. The fourth-order valence-corrected chi connectivity index (χ4v) is 1.74. The first-order valence-electron chi connectivity index (χ1n) is 5.41. The van der Waals surface area contributed by atoms with Crippen LogP contribution in [0.25, 0.3) is 11.1 Å². The van der Waals surface area contributed by atoms with Gasteiger partial charge >= 0.3 is 0 Å². The predicted octanol–water partition coefficient (Wildman–Crippen LogP) is 2.96. The minimum atomic E-state index is -0.330. The molecule has 1 aromatic carbocycles. The van der Waals surface area contributed by atoms with Crippen LogP contribution in [0.5, 0.6) is 5.88 Å². The lowest BCUT2D eigenvalue weighted by molar-refractivity contribution is 0.397. The fraction of sp³-hybridized carbons (Fsp3) is 0.143. The first-order chi connectivity index (χ1) is 8.76. The predicted molar refractivity (Wildman–Crippen MR) is 65.5 cm³/mol. The highest BCUT2D eigenvalue weighted by atomic mass is 19.1. The number of nitrogens with zero attached hydrogens (tertiary/aromatic N) is 2. The molecule has 18 heavy (non-hydrogen) atoms. The Balaban J connectivity index is 2.57. The molecule has 2 aromatic rings. The number of pyridine rings is 1. The van der Waals surface area contributed by atoms with Crippen LogP contribution in [0, 0.1) is 17.1 Å². The van der Waals surface area contributed by atoms with Gasteiger partial charge in [-0.05, 0) is 11.6 Å². The first-order valence-corrected chi connectivity index (χ1v) is 5.41. The van der Waals surface area contributed by atoms with Crippen LogP contribution in [-0.2, 0) is 6.42 Å². The Labute approximate surface area is 104 Å². The van der Waals surface area contributed by atoms with Gasteiger partial charge in [-0.25, -0.2) is 9.37 Å². The first kappa shape index (κ1) is 12.1. The molecule has 0 N–H and O–H groups in total. The summed E-state index contributed by atoms with van der Waals surface area (Å²) in [4.78, 5) is 4.06. The van der Waals surface area contributed by atoms with Crippen molar-refractivity contribution in [3.05, 3.63) is 47.9 Å². The number of nitriles is 1. The van der Waals surface area contributed by atoms with Gasteiger partial charge < -0.3 is 4.74 Å². The fourth-order valence-electron chi connectivity index (χ4n) is 1.74. The minimum Gasteiger partial charge on any atom is -0.481 e. The van der Waals surface area contributed by atoms with Crippen LogP contribution in [0.15, 0.2) is 36.5 Å². The average Bonchev–Trinajstić information content (AvgIpc) is 2.40. The quantitative estimate of drug-likeness (QED) is 0.831. The van der Waals surface area contributed by atoms with Crippen molar-refractivity contribution in [1.82, 2.24) is 4.98 Å². The van der Waals surface area contributed by atoms with Gasteiger partial charge in [0, 0.05) is 23.4 Å². The number of hydrogen-bond acceptors (Lipinski definition) is 3. The lowest BCUT2D eigenvalue weighted by Gasteiger charge is -2.09. The second kappa shape index (κ2) is 5.28. The summed E-state index contributed by atoms with van der Waals surface area (Å²) in [7, 11) is 1.50. The second-order valence-electron chi connectivity index (χ2n) is 3.70. The van der Waals surface area contributed by atoms with Crippen molar-refractivity contribution in [3.63, 3.8) is 0 Å². The molecule has 2 rings (SSSR count). The normalized spacial score (nSPS) is 9.83. The summed E-state index contributed by atoms with van der Waals surface area (Å²) in [5.74, 6) is 0.0870. The molecule has 0 spiro atoms. The summed E-state index contributed by atoms with van der Waals surface area (Å²) in [5, 5.41) is 8.82. The van der Waals surface area contributed by atoms with Gasteiger partial charge in [-0.2, -0.15) is 5.26 Å². The molecule has 0 atom stereocenters. The highest BCUT2D eigenvalue weighted by Gasteiger charge is 2.11. The number of benzene rings is 1. The van der Waals surface area contributed by atoms with Crippen molar-refractivity contribution in [2.75, 3.05) is 7.11 Å². The van der Waals surface area contributed by atoms with Crippen LogP contribution in [0.4, 0.5) is 4.39 Å². The summed E-state index contributed by atoms with van der Waals surface area (Å²) in [5.41, 5.74) is 1.77. The number of halogens is 1. The van der Waals surface area contributed by atoms with Gasteiger partial charge in [0.15, 0.2) is 0 Å². The summed E-state index contributed by atoms with van der Waals surface area (Å²) < 4.78 is 18.7. The van der Waals surface area contributed by atoms with E-state index in [0.717, 1.165) is 0 Å². The number of hydrogen-bond donors (Lipinski definition) is 0. The number of methoxy groups -OCH3 is 1. The van der Waals surface area contributed by atoms with E-state index in [0.29, 0.717) is 22.6 Å². The van der Waals surface area contributed by atoms with Crippen LogP contribution in [0.2, 0.25) is 0 Å². The second-order valence-corrected chi connectivity index (χ2v) is 3.70. The monoisotopic (exact) mass is 242 g/mol. The van der Waals surface area contributed by atoms with Crippen LogP contribution in [-0.4, -0.2) is 12.1 Å². The molecule has 0 aliphatic carbocycles. The highest BCUT2D eigenvalue weighted by Crippen LogP contribution is 2.27. The molecular formula is C14H11FN2O. The highest BCUT2D eigenvalue weighted by molar-refractivity contribution is 5.68. The van der Waals surface area contributed by atoms with Gasteiger partial charge in [-0.1, -0.05) is 18.2 Å². The van der Waals surface area contributed by atoms with E-state index in [-0.39, 0.29) is 12.2 Å². The SMILES string of the molecule is COc1cc(CC#N)c(-c2ccccc2F)cn1. The Morgan fingerprint density at radius 3 is 2.78 bits per heavy atom. The number of ether oxygens (including phenoxy) is 1. The summed E-state index contributed by atoms with van der Waals surface area (Å²) in [6, 6.07) is 10.1. The van der Waals surface area contributed by atoms with E-state index >= 15 is 0 Å². The molecule has 0 aliphatic heterocycles. The number of aromatic nitrogens is 1. The molecule has 0 unspecified atom stereocenters. The minimum absolute atomic E-state index is 0.183.